The van der Waals surface area contributed by atoms with Gasteiger partial charge in [-0.1, -0.05) is 24.6 Å². The van der Waals surface area contributed by atoms with Crippen LogP contribution in [0.5, 0.6) is 0 Å². The van der Waals surface area contributed by atoms with Crippen molar-refractivity contribution in [3.63, 3.8) is 0 Å². The highest BCUT2D eigenvalue weighted by Gasteiger charge is 2.68. The van der Waals surface area contributed by atoms with Gasteiger partial charge in [0.25, 0.3) is 0 Å². The van der Waals surface area contributed by atoms with E-state index in [2.05, 4.69) is 26.0 Å². The van der Waals surface area contributed by atoms with Crippen LogP contribution in [0.1, 0.15) is 65.2 Å². The van der Waals surface area contributed by atoms with Crippen molar-refractivity contribution in [2.24, 2.45) is 28.1 Å². The van der Waals surface area contributed by atoms with E-state index in [1.54, 1.807) is 11.6 Å². The summed E-state index contributed by atoms with van der Waals surface area (Å²) in [5.41, 5.74) is 2.92. The maximum atomic E-state index is 12.1. The average Bonchev–Trinajstić information content (AvgIpc) is 3.19. The number of ketones is 1. The molecule has 0 bridgehead atoms. The Morgan fingerprint density at radius 3 is 2.63 bits per heavy atom. The van der Waals surface area contributed by atoms with Gasteiger partial charge in [0.05, 0.1) is 0 Å². The van der Waals surface area contributed by atoms with Crippen molar-refractivity contribution < 1.29 is 14.3 Å². The molecule has 5 atom stereocenters. The van der Waals surface area contributed by atoms with Crippen molar-refractivity contribution in [3.05, 3.63) is 35.5 Å². The molecule has 2 spiro atoms. The highest BCUT2D eigenvalue weighted by molar-refractivity contribution is 6.01. The Hall–Kier alpha value is -1.64. The highest BCUT2D eigenvalue weighted by atomic mass is 16.6. The molecule has 0 aromatic carbocycles. The number of fused-ring (bicyclic) bond motifs is 7. The van der Waals surface area contributed by atoms with Crippen LogP contribution in [0, 0.1) is 28.1 Å². The molecule has 0 radical (unpaired) electrons. The zero-order valence-electron chi connectivity index (χ0n) is 16.3. The van der Waals surface area contributed by atoms with Gasteiger partial charge in [0.1, 0.15) is 5.60 Å². The molecule has 1 aliphatic heterocycles. The minimum absolute atomic E-state index is 0.000124. The van der Waals surface area contributed by atoms with Gasteiger partial charge in [-0.05, 0) is 86.8 Å². The Labute approximate surface area is 160 Å². The van der Waals surface area contributed by atoms with Gasteiger partial charge in [-0.25, -0.2) is 0 Å². The summed E-state index contributed by atoms with van der Waals surface area (Å²) in [6, 6.07) is 0. The first-order valence-electron chi connectivity index (χ1n) is 10.7. The summed E-state index contributed by atoms with van der Waals surface area (Å²) in [7, 11) is 0. The molecule has 0 aromatic rings. The van der Waals surface area contributed by atoms with Crippen molar-refractivity contribution in [3.8, 4) is 0 Å². The first-order chi connectivity index (χ1) is 12.8. The molecule has 4 fully saturated rings. The predicted molar refractivity (Wildman–Crippen MR) is 102 cm³/mol. The van der Waals surface area contributed by atoms with Crippen LogP contribution in [0.25, 0.3) is 0 Å². The number of allylic oxidation sites excluding steroid dienone is 6. The molecule has 1 heterocycles. The summed E-state index contributed by atoms with van der Waals surface area (Å²) >= 11 is 0. The minimum atomic E-state index is -0.233. The molecular formula is C24H28O3. The topological polar surface area (TPSA) is 43.4 Å². The SMILES string of the molecule is C[C@]12C=CC(=O)C=C1C1(CC1)CC1C2=CC[C@@]2(C)C1CCC21CCC(=O)O1. The molecule has 3 unspecified atom stereocenters. The summed E-state index contributed by atoms with van der Waals surface area (Å²) in [5, 5.41) is 0. The Morgan fingerprint density at radius 2 is 1.93 bits per heavy atom. The van der Waals surface area contributed by atoms with Crippen molar-refractivity contribution in [1.29, 1.82) is 0 Å². The van der Waals surface area contributed by atoms with E-state index >= 15 is 0 Å². The molecule has 3 heteroatoms. The molecule has 27 heavy (non-hydrogen) atoms. The molecule has 5 aliphatic carbocycles. The number of ether oxygens (including phenoxy) is 1. The van der Waals surface area contributed by atoms with Crippen LogP contribution in [0.4, 0.5) is 0 Å². The molecule has 1 saturated heterocycles. The van der Waals surface area contributed by atoms with Crippen LogP contribution in [0.15, 0.2) is 35.5 Å². The van der Waals surface area contributed by atoms with Gasteiger partial charge in [0, 0.05) is 17.3 Å². The number of esters is 1. The molecule has 0 aromatic heterocycles. The third-order valence-electron chi connectivity index (χ3n) is 9.45. The molecule has 6 aliphatic rings. The average molecular weight is 364 g/mol. The number of carbonyl (C=O) groups excluding carboxylic acids is 2. The first-order valence-corrected chi connectivity index (χ1v) is 10.7. The summed E-state index contributed by atoms with van der Waals surface area (Å²) < 4.78 is 6.04. The fraction of sp³-hybridized carbons (Fsp3) is 0.667. The lowest BCUT2D eigenvalue weighted by atomic mass is 9.49. The predicted octanol–water partition coefficient (Wildman–Crippen LogP) is 4.68. The monoisotopic (exact) mass is 364 g/mol. The second-order valence-electron chi connectivity index (χ2n) is 10.5. The van der Waals surface area contributed by atoms with E-state index in [0.29, 0.717) is 18.3 Å². The van der Waals surface area contributed by atoms with E-state index in [0.717, 1.165) is 19.3 Å². The van der Waals surface area contributed by atoms with E-state index in [-0.39, 0.29) is 33.6 Å². The largest absolute Gasteiger partial charge is 0.458 e. The number of hydrogen-bond acceptors (Lipinski definition) is 3. The molecule has 3 nitrogen and oxygen atoms in total. The van der Waals surface area contributed by atoms with E-state index in [9.17, 15) is 9.59 Å². The van der Waals surface area contributed by atoms with Crippen LogP contribution in [0.3, 0.4) is 0 Å². The van der Waals surface area contributed by atoms with Crippen molar-refractivity contribution in [1.82, 2.24) is 0 Å². The molecule has 0 amide bonds. The van der Waals surface area contributed by atoms with Gasteiger partial charge < -0.3 is 4.74 Å². The molecule has 0 N–H and O–H groups in total. The highest BCUT2D eigenvalue weighted by Crippen LogP contribution is 2.74. The van der Waals surface area contributed by atoms with E-state index in [1.807, 2.05) is 6.08 Å². The Balaban J connectivity index is 1.47. The Bertz CT molecular complexity index is 872. The van der Waals surface area contributed by atoms with Crippen molar-refractivity contribution >= 4 is 11.8 Å². The maximum absolute atomic E-state index is 12.1. The number of carbonyl (C=O) groups is 2. The lowest BCUT2D eigenvalue weighted by molar-refractivity contribution is -0.160. The van der Waals surface area contributed by atoms with E-state index < -0.39 is 0 Å². The second-order valence-corrected chi connectivity index (χ2v) is 10.5. The summed E-state index contributed by atoms with van der Waals surface area (Å²) in [5.74, 6) is 1.31. The zero-order valence-corrected chi connectivity index (χ0v) is 16.3. The normalized spacial score (nSPS) is 48.7. The summed E-state index contributed by atoms with van der Waals surface area (Å²) in [4.78, 5) is 24.1. The molecular weight excluding hydrogens is 336 g/mol. The van der Waals surface area contributed by atoms with Gasteiger partial charge in [-0.3, -0.25) is 9.59 Å². The molecule has 3 saturated carbocycles. The smallest absolute Gasteiger partial charge is 0.306 e. The van der Waals surface area contributed by atoms with Crippen LogP contribution in [-0.2, 0) is 14.3 Å². The van der Waals surface area contributed by atoms with Gasteiger partial charge in [-0.15, -0.1) is 0 Å². The third kappa shape index (κ3) is 1.80. The van der Waals surface area contributed by atoms with Crippen molar-refractivity contribution in [2.45, 2.75) is 70.8 Å². The fourth-order valence-electron chi connectivity index (χ4n) is 7.84. The maximum Gasteiger partial charge on any atom is 0.306 e. The van der Waals surface area contributed by atoms with Gasteiger partial charge in [0.2, 0.25) is 0 Å². The first kappa shape index (κ1) is 16.3. The fourth-order valence-corrected chi connectivity index (χ4v) is 7.84. The third-order valence-corrected chi connectivity index (χ3v) is 9.45. The molecule has 6 rings (SSSR count). The van der Waals surface area contributed by atoms with Crippen molar-refractivity contribution in [2.75, 3.05) is 0 Å². The quantitative estimate of drug-likeness (QED) is 0.463. The van der Waals surface area contributed by atoms with E-state index in [4.69, 9.17) is 4.74 Å². The number of rotatable bonds is 0. The Kier molecular flexibility index (Phi) is 2.82. The lowest BCUT2D eigenvalue weighted by Gasteiger charge is -2.56. The lowest BCUT2D eigenvalue weighted by Crippen LogP contribution is -2.51. The van der Waals surface area contributed by atoms with Crippen LogP contribution in [-0.4, -0.2) is 17.4 Å². The van der Waals surface area contributed by atoms with Gasteiger partial charge >= 0.3 is 5.97 Å². The van der Waals surface area contributed by atoms with Gasteiger partial charge in [-0.2, -0.15) is 0 Å². The molecule has 142 valence electrons. The van der Waals surface area contributed by atoms with Crippen LogP contribution >= 0.6 is 0 Å². The number of hydrogen-bond donors (Lipinski definition) is 0. The van der Waals surface area contributed by atoms with Crippen LogP contribution < -0.4 is 0 Å². The van der Waals surface area contributed by atoms with Crippen LogP contribution in [0.2, 0.25) is 0 Å². The Morgan fingerprint density at radius 1 is 1.11 bits per heavy atom. The van der Waals surface area contributed by atoms with Gasteiger partial charge in [0.15, 0.2) is 5.78 Å². The standard InChI is InChI=1S/C24H28O3/c1-21-7-3-15(25)13-19(21)23(11-12-23)14-16-17(21)4-8-22(2)18(16)5-9-24(22)10-6-20(26)27-24/h3-4,7,13,16,18H,5-6,8-12,14H2,1-2H3/t16?,18?,21-,22+,24?/m1/s1. The second kappa shape index (κ2) is 4.67. The van der Waals surface area contributed by atoms with E-state index in [1.165, 1.54) is 31.3 Å². The minimum Gasteiger partial charge on any atom is -0.458 e. The zero-order chi connectivity index (χ0) is 18.7. The summed E-state index contributed by atoms with van der Waals surface area (Å²) in [6.07, 6.45) is 16.7. The summed E-state index contributed by atoms with van der Waals surface area (Å²) in [6.45, 7) is 4.73.